The van der Waals surface area contributed by atoms with Gasteiger partial charge >= 0.3 is 0 Å². The molecule has 0 unspecified atom stereocenters. The highest BCUT2D eigenvalue weighted by atomic mass is 16.0. The molecule has 4 heteroatoms. The predicted octanol–water partition coefficient (Wildman–Crippen LogP) is 3.84. The maximum absolute atomic E-state index is 2.49. The Morgan fingerprint density at radius 3 is 1.13 bits per heavy atom. The molecule has 140 valence electrons. The van der Waals surface area contributed by atoms with Crippen LogP contribution in [-0.4, -0.2) is 73.3 Å². The second kappa shape index (κ2) is 11.4. The maximum atomic E-state index is 2.49. The summed E-state index contributed by atoms with van der Waals surface area (Å²) in [5, 5.41) is 0. The Morgan fingerprint density at radius 2 is 0.783 bits per heavy atom. The van der Waals surface area contributed by atoms with Gasteiger partial charge in [0.1, 0.15) is 0 Å². The Morgan fingerprint density at radius 1 is 0.478 bits per heavy atom. The lowest BCUT2D eigenvalue weighted by Gasteiger charge is -2.38. The van der Waals surface area contributed by atoms with Gasteiger partial charge in [-0.1, -0.05) is 6.42 Å². The second-order valence-electron chi connectivity index (χ2n) is 8.47. The van der Waals surface area contributed by atoms with Gasteiger partial charge in [-0.25, -0.2) is 0 Å². The van der Waals surface area contributed by atoms with Gasteiger partial charge in [0.05, 0.1) is 53.4 Å². The molecule has 2 rings (SSSR count). The van der Waals surface area contributed by atoms with Crippen molar-refractivity contribution in [3.63, 3.8) is 0 Å². The summed E-state index contributed by atoms with van der Waals surface area (Å²) >= 11 is 0. The monoisotopic (exact) mass is 330 g/mol. The van der Waals surface area contributed by atoms with Crippen molar-refractivity contribution in [2.24, 2.45) is 0 Å². The number of likely N-dealkylation sites (tertiary alicyclic amines) is 2. The molecule has 4 nitrogen and oxygen atoms in total. The lowest BCUT2D eigenvalue weighted by atomic mass is 10.1. The van der Waals surface area contributed by atoms with E-state index in [9.17, 15) is 0 Å². The summed E-state index contributed by atoms with van der Waals surface area (Å²) in [6.07, 6.45) is 16.1. The average Bonchev–Trinajstić information content (AvgIpc) is 2.47. The fourth-order valence-corrected chi connectivity index (χ4v) is 4.52. The maximum Gasteiger partial charge on any atom is 0.0784 e. The van der Waals surface area contributed by atoms with Crippen molar-refractivity contribution in [1.82, 2.24) is 0 Å². The van der Waals surface area contributed by atoms with Crippen molar-refractivity contribution in [3.05, 3.63) is 0 Å². The molecule has 2 N–H and O–H groups in total. The number of quaternary nitrogens is 2. The van der Waals surface area contributed by atoms with Gasteiger partial charge in [0.2, 0.25) is 0 Å². The lowest BCUT2D eigenvalue weighted by molar-refractivity contribution is -0.914. The van der Waals surface area contributed by atoms with Gasteiger partial charge in [0.25, 0.3) is 0 Å². The third-order valence-corrected chi connectivity index (χ3v) is 6.19. The van der Waals surface area contributed by atoms with Crippen molar-refractivity contribution >= 4 is 0 Å². The summed E-state index contributed by atoms with van der Waals surface area (Å²) in [6.45, 7) is 8.64. The largest absolute Gasteiger partial charge is 0.870 e. The summed E-state index contributed by atoms with van der Waals surface area (Å²) in [4.78, 5) is 0. The molecular weight excluding hydrogens is 288 g/mol. The summed E-state index contributed by atoms with van der Waals surface area (Å²) in [7, 11) is 4.97. The van der Waals surface area contributed by atoms with E-state index in [-0.39, 0.29) is 11.0 Å². The fourth-order valence-electron chi connectivity index (χ4n) is 4.52. The average molecular weight is 331 g/mol. The minimum Gasteiger partial charge on any atom is -0.870 e. The summed E-state index contributed by atoms with van der Waals surface area (Å²) in [5.74, 6) is 0. The van der Waals surface area contributed by atoms with Gasteiger partial charge in [-0.05, 0) is 64.2 Å². The number of hydrogen-bond acceptors (Lipinski definition) is 2. The first-order valence-electron chi connectivity index (χ1n) is 9.79. The number of hydrogen-bond donors (Lipinski definition) is 0. The zero-order valence-electron chi connectivity index (χ0n) is 15.8. The van der Waals surface area contributed by atoms with E-state index in [4.69, 9.17) is 0 Å². The molecule has 0 aromatic rings. The lowest BCUT2D eigenvalue weighted by Crippen LogP contribution is -2.48. The van der Waals surface area contributed by atoms with Gasteiger partial charge < -0.3 is 19.9 Å². The molecule has 0 spiro atoms. The van der Waals surface area contributed by atoms with Crippen molar-refractivity contribution in [2.75, 3.05) is 53.4 Å². The van der Waals surface area contributed by atoms with Crippen molar-refractivity contribution in [1.29, 1.82) is 0 Å². The van der Waals surface area contributed by atoms with Crippen LogP contribution in [-0.2, 0) is 0 Å². The Labute approximate surface area is 144 Å². The predicted molar refractivity (Wildman–Crippen MR) is 96.2 cm³/mol. The standard InChI is InChI=1S/C19H40N2.2H2O/c1-20(16-10-6-11-17-20)14-8-4-3-5-9-15-21(2)18-12-7-13-19-21;;/h3-19H2,1-2H3;2*1H2/q+2;;/p-2. The molecule has 0 atom stereocenters. The normalized spacial score (nSPS) is 22.7. The van der Waals surface area contributed by atoms with E-state index in [1.165, 1.54) is 119 Å². The van der Waals surface area contributed by atoms with Crippen LogP contribution in [0, 0.1) is 0 Å². The van der Waals surface area contributed by atoms with Crippen LogP contribution in [0.5, 0.6) is 0 Å². The Kier molecular flexibility index (Phi) is 11.3. The molecule has 2 aliphatic heterocycles. The van der Waals surface area contributed by atoms with E-state index in [1.807, 2.05) is 0 Å². The Balaban J connectivity index is 0.00000242. The zero-order valence-corrected chi connectivity index (χ0v) is 15.8. The molecule has 0 radical (unpaired) electrons. The smallest absolute Gasteiger partial charge is 0.0784 e. The van der Waals surface area contributed by atoms with E-state index < -0.39 is 0 Å². The number of piperidine rings is 2. The van der Waals surface area contributed by atoms with Crippen LogP contribution in [0.1, 0.15) is 70.6 Å². The minimum atomic E-state index is 0. The summed E-state index contributed by atoms with van der Waals surface area (Å²) in [5.41, 5.74) is 0. The molecule has 0 bridgehead atoms. The molecule has 0 aromatic heterocycles. The second-order valence-corrected chi connectivity index (χ2v) is 8.47. The summed E-state index contributed by atoms with van der Waals surface area (Å²) in [6, 6.07) is 0. The number of unbranched alkanes of at least 4 members (excludes halogenated alkanes) is 4. The molecule has 0 aliphatic carbocycles. The van der Waals surface area contributed by atoms with Crippen LogP contribution < -0.4 is 0 Å². The molecule has 0 saturated carbocycles. The highest BCUT2D eigenvalue weighted by Crippen LogP contribution is 2.19. The molecule has 0 amide bonds. The highest BCUT2D eigenvalue weighted by molar-refractivity contribution is 4.54. The van der Waals surface area contributed by atoms with Crippen molar-refractivity contribution in [3.8, 4) is 0 Å². The van der Waals surface area contributed by atoms with E-state index >= 15 is 0 Å². The van der Waals surface area contributed by atoms with Gasteiger partial charge in [0.15, 0.2) is 0 Å². The van der Waals surface area contributed by atoms with Crippen LogP contribution in [0.3, 0.4) is 0 Å². The molecule has 2 saturated heterocycles. The van der Waals surface area contributed by atoms with Gasteiger partial charge in [-0.3, -0.25) is 0 Å². The van der Waals surface area contributed by atoms with Crippen molar-refractivity contribution < 1.29 is 19.9 Å². The number of nitrogens with zero attached hydrogens (tertiary/aromatic N) is 2. The highest BCUT2D eigenvalue weighted by Gasteiger charge is 2.24. The zero-order chi connectivity index (χ0) is 15.0. The third kappa shape index (κ3) is 8.48. The SMILES string of the molecule is C[N+]1(CCCCCCC[N+]2(C)CCCCC2)CCCCC1.[OH-].[OH-]. The Bertz CT molecular complexity index is 257. The first kappa shape index (κ1) is 22.8. The van der Waals surface area contributed by atoms with Crippen LogP contribution in [0.25, 0.3) is 0 Å². The van der Waals surface area contributed by atoms with Gasteiger partial charge in [0, 0.05) is 0 Å². The van der Waals surface area contributed by atoms with Crippen molar-refractivity contribution in [2.45, 2.75) is 70.6 Å². The molecule has 0 aromatic carbocycles. The molecule has 2 heterocycles. The molecule has 23 heavy (non-hydrogen) atoms. The quantitative estimate of drug-likeness (QED) is 0.501. The Hall–Kier alpha value is -0.160. The van der Waals surface area contributed by atoms with E-state index in [2.05, 4.69) is 14.1 Å². The molecule has 2 aliphatic rings. The first-order valence-corrected chi connectivity index (χ1v) is 9.79. The number of rotatable bonds is 8. The van der Waals surface area contributed by atoms with E-state index in [0.29, 0.717) is 0 Å². The van der Waals surface area contributed by atoms with Crippen LogP contribution >= 0.6 is 0 Å². The van der Waals surface area contributed by atoms with Crippen LogP contribution in [0.2, 0.25) is 0 Å². The van der Waals surface area contributed by atoms with Crippen LogP contribution in [0.4, 0.5) is 0 Å². The summed E-state index contributed by atoms with van der Waals surface area (Å²) < 4.78 is 2.74. The van der Waals surface area contributed by atoms with E-state index in [0.717, 1.165) is 0 Å². The van der Waals surface area contributed by atoms with Gasteiger partial charge in [-0.2, -0.15) is 0 Å². The van der Waals surface area contributed by atoms with E-state index in [1.54, 1.807) is 0 Å². The first-order chi connectivity index (χ1) is 10.1. The molecule has 2 fully saturated rings. The van der Waals surface area contributed by atoms with Gasteiger partial charge in [-0.15, -0.1) is 0 Å². The fraction of sp³-hybridized carbons (Fsp3) is 1.00. The van der Waals surface area contributed by atoms with Crippen LogP contribution in [0.15, 0.2) is 0 Å². The molecular formula is C19H42N2O2. The topological polar surface area (TPSA) is 60.0 Å². The minimum absolute atomic E-state index is 0. The third-order valence-electron chi connectivity index (χ3n) is 6.19.